The molecular formula is C21H20BrN3O3S2. The maximum Gasteiger partial charge on any atom is 0.264 e. The zero-order chi connectivity index (χ0) is 21.4. The lowest BCUT2D eigenvalue weighted by molar-refractivity contribution is -0.119. The lowest BCUT2D eigenvalue weighted by atomic mass is 10.3. The van der Waals surface area contributed by atoms with Crippen molar-refractivity contribution in [3.05, 3.63) is 83.5 Å². The van der Waals surface area contributed by atoms with Gasteiger partial charge in [-0.25, -0.2) is 13.4 Å². The van der Waals surface area contributed by atoms with Crippen molar-refractivity contribution < 1.29 is 13.2 Å². The molecule has 3 rings (SSSR count). The number of sulfonamides is 1. The van der Waals surface area contributed by atoms with Gasteiger partial charge in [0.1, 0.15) is 6.54 Å². The van der Waals surface area contributed by atoms with Crippen LogP contribution in [0.5, 0.6) is 0 Å². The van der Waals surface area contributed by atoms with Crippen molar-refractivity contribution in [1.29, 1.82) is 0 Å². The molecule has 2 aromatic carbocycles. The first kappa shape index (κ1) is 22.3. The van der Waals surface area contributed by atoms with E-state index in [0.717, 1.165) is 13.8 Å². The SMILES string of the molecule is O=C(CN(c1ccc(Br)cc1)S(=O)(=O)c1ccccc1)NCCSc1ccccn1. The van der Waals surface area contributed by atoms with E-state index < -0.39 is 10.0 Å². The summed E-state index contributed by atoms with van der Waals surface area (Å²) in [5, 5.41) is 3.66. The van der Waals surface area contributed by atoms with E-state index in [1.165, 1.54) is 23.9 Å². The van der Waals surface area contributed by atoms with E-state index in [0.29, 0.717) is 18.0 Å². The average Bonchev–Trinajstić information content (AvgIpc) is 2.77. The monoisotopic (exact) mass is 505 g/mol. The third-order valence-electron chi connectivity index (χ3n) is 4.04. The van der Waals surface area contributed by atoms with Crippen molar-refractivity contribution in [2.24, 2.45) is 0 Å². The third kappa shape index (κ3) is 6.07. The van der Waals surface area contributed by atoms with Gasteiger partial charge >= 0.3 is 0 Å². The molecule has 156 valence electrons. The second kappa shape index (κ2) is 10.6. The molecule has 1 heterocycles. The quantitative estimate of drug-likeness (QED) is 0.351. The molecule has 0 bridgehead atoms. The van der Waals surface area contributed by atoms with Crippen LogP contribution in [0.2, 0.25) is 0 Å². The first-order valence-corrected chi connectivity index (χ1v) is 12.3. The Morgan fingerprint density at radius 2 is 1.70 bits per heavy atom. The summed E-state index contributed by atoms with van der Waals surface area (Å²) in [6, 6.07) is 20.5. The number of halogens is 1. The summed E-state index contributed by atoms with van der Waals surface area (Å²) in [7, 11) is -3.89. The van der Waals surface area contributed by atoms with Crippen molar-refractivity contribution in [1.82, 2.24) is 10.3 Å². The van der Waals surface area contributed by atoms with Gasteiger partial charge in [-0.2, -0.15) is 0 Å². The summed E-state index contributed by atoms with van der Waals surface area (Å²) in [4.78, 5) is 16.9. The van der Waals surface area contributed by atoms with Gasteiger partial charge in [-0.15, -0.1) is 11.8 Å². The van der Waals surface area contributed by atoms with Crippen LogP contribution in [-0.4, -0.2) is 38.2 Å². The maximum absolute atomic E-state index is 13.2. The van der Waals surface area contributed by atoms with Crippen LogP contribution in [0.4, 0.5) is 5.69 Å². The second-order valence-corrected chi connectivity index (χ2v) is 10.1. The molecule has 0 aliphatic rings. The highest BCUT2D eigenvalue weighted by atomic mass is 79.9. The number of nitrogens with zero attached hydrogens (tertiary/aromatic N) is 2. The highest BCUT2D eigenvalue weighted by molar-refractivity contribution is 9.10. The molecule has 0 unspecified atom stereocenters. The van der Waals surface area contributed by atoms with Crippen molar-refractivity contribution in [3.63, 3.8) is 0 Å². The largest absolute Gasteiger partial charge is 0.354 e. The number of carbonyl (C=O) groups is 1. The summed E-state index contributed by atoms with van der Waals surface area (Å²) in [5.41, 5.74) is 0.417. The number of carbonyl (C=O) groups excluding carboxylic acids is 1. The molecule has 6 nitrogen and oxygen atoms in total. The molecule has 0 saturated carbocycles. The van der Waals surface area contributed by atoms with E-state index in [9.17, 15) is 13.2 Å². The lowest BCUT2D eigenvalue weighted by Gasteiger charge is -2.24. The zero-order valence-corrected chi connectivity index (χ0v) is 19.2. The van der Waals surface area contributed by atoms with Gasteiger partial charge in [0.15, 0.2) is 0 Å². The number of rotatable bonds is 9. The Bertz CT molecular complexity index is 1060. The normalized spacial score (nSPS) is 11.1. The minimum Gasteiger partial charge on any atom is -0.354 e. The number of nitrogens with one attached hydrogen (secondary N) is 1. The van der Waals surface area contributed by atoms with E-state index in [4.69, 9.17) is 0 Å². The molecule has 3 aromatic rings. The molecule has 0 atom stereocenters. The van der Waals surface area contributed by atoms with Crippen molar-refractivity contribution >= 4 is 49.3 Å². The molecule has 0 saturated heterocycles. The number of anilines is 1. The molecule has 1 N–H and O–H groups in total. The maximum atomic E-state index is 13.2. The molecule has 30 heavy (non-hydrogen) atoms. The van der Waals surface area contributed by atoms with Crippen LogP contribution >= 0.6 is 27.7 Å². The minimum absolute atomic E-state index is 0.131. The molecule has 1 aromatic heterocycles. The van der Waals surface area contributed by atoms with Crippen molar-refractivity contribution in [2.75, 3.05) is 23.1 Å². The number of hydrogen-bond acceptors (Lipinski definition) is 5. The third-order valence-corrected chi connectivity index (χ3v) is 7.31. The predicted octanol–water partition coefficient (Wildman–Crippen LogP) is 3.95. The van der Waals surface area contributed by atoms with E-state index >= 15 is 0 Å². The van der Waals surface area contributed by atoms with E-state index in [2.05, 4.69) is 26.2 Å². The predicted molar refractivity (Wildman–Crippen MR) is 123 cm³/mol. The van der Waals surface area contributed by atoms with Gasteiger partial charge in [0, 0.05) is 23.0 Å². The molecular weight excluding hydrogens is 486 g/mol. The van der Waals surface area contributed by atoms with Gasteiger partial charge in [0.05, 0.1) is 15.6 Å². The van der Waals surface area contributed by atoms with Crippen LogP contribution in [0.25, 0.3) is 0 Å². The Morgan fingerprint density at radius 3 is 2.37 bits per heavy atom. The van der Waals surface area contributed by atoms with Crippen molar-refractivity contribution in [2.45, 2.75) is 9.92 Å². The van der Waals surface area contributed by atoms with E-state index in [1.54, 1.807) is 48.7 Å². The van der Waals surface area contributed by atoms with Gasteiger partial charge in [-0.1, -0.05) is 40.2 Å². The fourth-order valence-electron chi connectivity index (χ4n) is 2.61. The summed E-state index contributed by atoms with van der Waals surface area (Å²) in [6.45, 7) is 0.0900. The van der Waals surface area contributed by atoms with Crippen molar-refractivity contribution in [3.8, 4) is 0 Å². The number of benzene rings is 2. The summed E-state index contributed by atoms with van der Waals surface area (Å²) < 4.78 is 28.3. The Labute approximate surface area is 188 Å². The molecule has 0 aliphatic carbocycles. The molecule has 0 aliphatic heterocycles. The van der Waals surface area contributed by atoms with Gasteiger partial charge in [-0.05, 0) is 48.5 Å². The van der Waals surface area contributed by atoms with Gasteiger partial charge < -0.3 is 5.32 Å². The number of hydrogen-bond donors (Lipinski definition) is 1. The molecule has 0 spiro atoms. The van der Waals surface area contributed by atoms with E-state index in [-0.39, 0.29) is 17.3 Å². The molecule has 0 radical (unpaired) electrons. The first-order chi connectivity index (χ1) is 14.5. The van der Waals surface area contributed by atoms with Crippen LogP contribution in [0.15, 0.2) is 93.4 Å². The Balaban J connectivity index is 1.69. The summed E-state index contributed by atoms with van der Waals surface area (Å²) >= 11 is 4.87. The topological polar surface area (TPSA) is 79.4 Å². The van der Waals surface area contributed by atoms with Crippen LogP contribution in [0.1, 0.15) is 0 Å². The Kier molecular flexibility index (Phi) is 7.89. The molecule has 0 fully saturated rings. The van der Waals surface area contributed by atoms with Crippen LogP contribution < -0.4 is 9.62 Å². The van der Waals surface area contributed by atoms with Gasteiger partial charge in [-0.3, -0.25) is 9.10 Å². The number of amides is 1. The Morgan fingerprint density at radius 1 is 1.00 bits per heavy atom. The number of pyridine rings is 1. The molecule has 9 heteroatoms. The fourth-order valence-corrected chi connectivity index (χ4v) is 5.04. The number of thioether (sulfide) groups is 1. The Hall–Kier alpha value is -2.36. The fraction of sp³-hybridized carbons (Fsp3) is 0.143. The molecule has 1 amide bonds. The van der Waals surface area contributed by atoms with Gasteiger partial charge in [0.25, 0.3) is 10.0 Å². The smallest absolute Gasteiger partial charge is 0.264 e. The van der Waals surface area contributed by atoms with Gasteiger partial charge in [0.2, 0.25) is 5.91 Å². The highest BCUT2D eigenvalue weighted by Gasteiger charge is 2.26. The second-order valence-electron chi connectivity index (χ2n) is 6.17. The number of aromatic nitrogens is 1. The summed E-state index contributed by atoms with van der Waals surface area (Å²) in [6.07, 6.45) is 1.71. The average molecular weight is 506 g/mol. The summed E-state index contributed by atoms with van der Waals surface area (Å²) in [5.74, 6) is 0.256. The minimum atomic E-state index is -3.89. The standard InChI is InChI=1S/C21H20BrN3O3S2/c22-17-9-11-18(12-10-17)25(30(27,28)19-6-2-1-3-7-19)16-20(26)23-14-15-29-21-8-4-5-13-24-21/h1-13H,14-16H2,(H,23,26). The highest BCUT2D eigenvalue weighted by Crippen LogP contribution is 2.25. The zero-order valence-electron chi connectivity index (χ0n) is 15.9. The first-order valence-electron chi connectivity index (χ1n) is 9.11. The lowest BCUT2D eigenvalue weighted by Crippen LogP contribution is -2.41. The van der Waals surface area contributed by atoms with E-state index in [1.807, 2.05) is 18.2 Å². The van der Waals surface area contributed by atoms with Crippen LogP contribution in [0.3, 0.4) is 0 Å². The van der Waals surface area contributed by atoms with Crippen LogP contribution in [0, 0.1) is 0 Å². The van der Waals surface area contributed by atoms with Crippen LogP contribution in [-0.2, 0) is 14.8 Å².